The number of hydrogen-bond acceptors (Lipinski definition) is 2. The first-order valence-corrected chi connectivity index (χ1v) is 18.7. The van der Waals surface area contributed by atoms with Gasteiger partial charge in [-0.05, 0) is 51.9 Å². The Morgan fingerprint density at radius 3 is 1.50 bits per heavy atom. The zero-order valence-electron chi connectivity index (χ0n) is 16.7. The highest BCUT2D eigenvalue weighted by molar-refractivity contribution is 6.87. The van der Waals surface area contributed by atoms with E-state index in [9.17, 15) is 0 Å². The topological polar surface area (TPSA) is 18.5 Å². The molecule has 0 spiro atoms. The fraction of sp³-hybridized carbons (Fsp3) is 1.00. The number of rotatable bonds is 13. The van der Waals surface area contributed by atoms with Crippen molar-refractivity contribution in [2.45, 2.75) is 110 Å². The maximum Gasteiger partial charge on any atom is 0.311 e. The van der Waals surface area contributed by atoms with Crippen molar-refractivity contribution in [3.8, 4) is 0 Å². The molecule has 0 N–H and O–H groups in total. The van der Waals surface area contributed by atoms with E-state index in [1.807, 2.05) is 0 Å². The standard InChI is InChI=1S/C17H42O2Si3/c1-9-10-11-12-13-14-15-16-17-21(5,6)19-22(7,8)18-20(2,3)4/h9-17H2,1-8H3. The second kappa shape index (κ2) is 10.4. The molecule has 0 fully saturated rings. The van der Waals surface area contributed by atoms with Crippen molar-refractivity contribution in [2.75, 3.05) is 0 Å². The molecule has 0 aromatic carbocycles. The molecule has 0 aromatic rings. The van der Waals surface area contributed by atoms with Crippen LogP contribution in [0.25, 0.3) is 0 Å². The van der Waals surface area contributed by atoms with Gasteiger partial charge in [-0.3, -0.25) is 0 Å². The van der Waals surface area contributed by atoms with Crippen LogP contribution in [0, 0.1) is 0 Å². The van der Waals surface area contributed by atoms with Gasteiger partial charge in [-0.25, -0.2) is 0 Å². The first kappa shape index (κ1) is 22.6. The Morgan fingerprint density at radius 1 is 0.591 bits per heavy atom. The third-order valence-electron chi connectivity index (χ3n) is 3.71. The first-order chi connectivity index (χ1) is 9.97. The molecule has 5 heteroatoms. The van der Waals surface area contributed by atoms with Gasteiger partial charge in [0.25, 0.3) is 0 Å². The molecule has 2 nitrogen and oxygen atoms in total. The van der Waals surface area contributed by atoms with Crippen LogP contribution in [0.4, 0.5) is 0 Å². The monoisotopic (exact) mass is 362 g/mol. The summed E-state index contributed by atoms with van der Waals surface area (Å²) in [5.74, 6) is 0. The van der Waals surface area contributed by atoms with Crippen LogP contribution in [-0.4, -0.2) is 25.2 Å². The lowest BCUT2D eigenvalue weighted by Gasteiger charge is -2.37. The Hall–Kier alpha value is 0.571. The summed E-state index contributed by atoms with van der Waals surface area (Å²) in [5, 5.41) is 0. The summed E-state index contributed by atoms with van der Waals surface area (Å²) in [6.45, 7) is 18.3. The Morgan fingerprint density at radius 2 is 1.05 bits per heavy atom. The molecule has 0 amide bonds. The molecular formula is C17H42O2Si3. The predicted molar refractivity (Wildman–Crippen MR) is 108 cm³/mol. The minimum atomic E-state index is -1.94. The van der Waals surface area contributed by atoms with Crippen LogP contribution in [0.3, 0.4) is 0 Å². The SMILES string of the molecule is CCCCCCCCCC[Si](C)(C)O[Si](C)(C)O[Si](C)(C)C. The lowest BCUT2D eigenvalue weighted by molar-refractivity contribution is 0.390. The van der Waals surface area contributed by atoms with Gasteiger partial charge in [0, 0.05) is 0 Å². The van der Waals surface area contributed by atoms with Gasteiger partial charge in [0.2, 0.25) is 0 Å². The maximum atomic E-state index is 6.55. The number of hydrogen-bond donors (Lipinski definition) is 0. The molecule has 0 aromatic heterocycles. The fourth-order valence-electron chi connectivity index (χ4n) is 3.16. The smallest absolute Gasteiger partial charge is 0.311 e. The average molecular weight is 363 g/mol. The minimum Gasteiger partial charge on any atom is -0.437 e. The molecule has 0 saturated carbocycles. The Bertz CT molecular complexity index is 286. The predicted octanol–water partition coefficient (Wildman–Crippen LogP) is 6.90. The van der Waals surface area contributed by atoms with E-state index in [0.717, 1.165) is 0 Å². The van der Waals surface area contributed by atoms with Gasteiger partial charge in [-0.2, -0.15) is 0 Å². The summed E-state index contributed by atoms with van der Waals surface area (Å²) in [7, 11) is -5.00. The molecule has 22 heavy (non-hydrogen) atoms. The Labute approximate surface area is 143 Å². The molecule has 0 aliphatic carbocycles. The molecule has 0 bridgehead atoms. The van der Waals surface area contributed by atoms with Crippen molar-refractivity contribution in [1.82, 2.24) is 0 Å². The Balaban J connectivity index is 3.90. The van der Waals surface area contributed by atoms with Gasteiger partial charge in [-0.1, -0.05) is 58.3 Å². The van der Waals surface area contributed by atoms with Crippen LogP contribution in [0.5, 0.6) is 0 Å². The van der Waals surface area contributed by atoms with E-state index in [0.29, 0.717) is 0 Å². The third-order valence-corrected chi connectivity index (χ3v) is 13.9. The van der Waals surface area contributed by atoms with Crippen molar-refractivity contribution < 1.29 is 8.23 Å². The summed E-state index contributed by atoms with van der Waals surface area (Å²) >= 11 is 0. The highest BCUT2D eigenvalue weighted by atomic mass is 28.5. The van der Waals surface area contributed by atoms with Gasteiger partial charge in [0.15, 0.2) is 16.6 Å². The summed E-state index contributed by atoms with van der Waals surface area (Å²) in [5.41, 5.74) is 0. The van der Waals surface area contributed by atoms with Crippen molar-refractivity contribution in [3.63, 3.8) is 0 Å². The van der Waals surface area contributed by atoms with Crippen LogP contribution in [0.15, 0.2) is 0 Å². The largest absolute Gasteiger partial charge is 0.437 e. The van der Waals surface area contributed by atoms with E-state index in [-0.39, 0.29) is 0 Å². The van der Waals surface area contributed by atoms with Gasteiger partial charge in [0.1, 0.15) is 0 Å². The third kappa shape index (κ3) is 14.2. The summed E-state index contributed by atoms with van der Waals surface area (Å²) in [6, 6.07) is 1.29. The van der Waals surface area contributed by atoms with Crippen molar-refractivity contribution in [2.24, 2.45) is 0 Å². The Kier molecular flexibility index (Phi) is 10.7. The highest BCUT2D eigenvalue weighted by Gasteiger charge is 2.37. The van der Waals surface area contributed by atoms with Crippen LogP contribution in [0.2, 0.25) is 51.9 Å². The van der Waals surface area contributed by atoms with Crippen LogP contribution in [0.1, 0.15) is 58.3 Å². The molecular weight excluding hydrogens is 320 g/mol. The quantitative estimate of drug-likeness (QED) is 0.262. The van der Waals surface area contributed by atoms with E-state index in [1.54, 1.807) is 0 Å². The molecule has 0 radical (unpaired) electrons. The average Bonchev–Trinajstić information content (AvgIpc) is 2.27. The van der Waals surface area contributed by atoms with Crippen LogP contribution < -0.4 is 0 Å². The molecule has 0 aliphatic heterocycles. The van der Waals surface area contributed by atoms with E-state index < -0.39 is 25.2 Å². The molecule has 0 rings (SSSR count). The van der Waals surface area contributed by atoms with E-state index in [1.165, 1.54) is 57.4 Å². The molecule has 0 aliphatic rings. The lowest BCUT2D eigenvalue weighted by atomic mass is 10.1. The zero-order chi connectivity index (χ0) is 17.3. The van der Waals surface area contributed by atoms with Gasteiger partial charge >= 0.3 is 8.56 Å². The van der Waals surface area contributed by atoms with Crippen molar-refractivity contribution >= 4 is 25.2 Å². The van der Waals surface area contributed by atoms with E-state index in [4.69, 9.17) is 8.23 Å². The molecule has 134 valence electrons. The lowest BCUT2D eigenvalue weighted by Crippen LogP contribution is -2.51. The van der Waals surface area contributed by atoms with Gasteiger partial charge in [-0.15, -0.1) is 0 Å². The zero-order valence-corrected chi connectivity index (χ0v) is 19.7. The summed E-state index contributed by atoms with van der Waals surface area (Å²) in [6.07, 6.45) is 11.1. The second-order valence-corrected chi connectivity index (χ2v) is 21.4. The summed E-state index contributed by atoms with van der Waals surface area (Å²) in [4.78, 5) is 0. The second-order valence-electron chi connectivity index (χ2n) is 8.70. The maximum absolute atomic E-state index is 6.55. The normalized spacial score (nSPS) is 13.6. The molecule has 0 unspecified atom stereocenters. The fourth-order valence-corrected chi connectivity index (χ4v) is 16.4. The molecule has 0 heterocycles. The first-order valence-electron chi connectivity index (χ1n) is 9.38. The van der Waals surface area contributed by atoms with Gasteiger partial charge < -0.3 is 8.23 Å². The highest BCUT2D eigenvalue weighted by Crippen LogP contribution is 2.24. The van der Waals surface area contributed by atoms with E-state index >= 15 is 0 Å². The minimum absolute atomic E-state index is 1.29. The van der Waals surface area contributed by atoms with Crippen LogP contribution >= 0.6 is 0 Å². The number of unbranched alkanes of at least 4 members (excludes halogenated alkanes) is 7. The van der Waals surface area contributed by atoms with Crippen molar-refractivity contribution in [1.29, 1.82) is 0 Å². The van der Waals surface area contributed by atoms with Crippen molar-refractivity contribution in [3.05, 3.63) is 0 Å². The van der Waals surface area contributed by atoms with Crippen LogP contribution in [-0.2, 0) is 8.23 Å². The van der Waals surface area contributed by atoms with Gasteiger partial charge in [0.05, 0.1) is 0 Å². The summed E-state index contributed by atoms with van der Waals surface area (Å²) < 4.78 is 12.9. The molecule has 0 atom stereocenters. The van der Waals surface area contributed by atoms with E-state index in [2.05, 4.69) is 52.8 Å². The molecule has 0 saturated heterocycles.